The highest BCUT2D eigenvalue weighted by Crippen LogP contribution is 2.36. The Morgan fingerprint density at radius 1 is 0.971 bits per heavy atom. The lowest BCUT2D eigenvalue weighted by Crippen LogP contribution is -2.42. The SMILES string of the molecule is O=C(COc1ccccc1C(F)(F)F)Nc1ccc(C(=O)N2CC(=O)Nc3ccccc32)cc1. The molecule has 0 saturated heterocycles. The van der Waals surface area contributed by atoms with Gasteiger partial charge in [-0.3, -0.25) is 19.3 Å². The Bertz CT molecular complexity index is 1240. The van der Waals surface area contributed by atoms with Crippen LogP contribution in [0.4, 0.5) is 30.2 Å². The third kappa shape index (κ3) is 5.01. The van der Waals surface area contributed by atoms with E-state index in [0.717, 1.165) is 12.1 Å². The van der Waals surface area contributed by atoms with Crippen molar-refractivity contribution in [1.29, 1.82) is 0 Å². The monoisotopic (exact) mass is 469 g/mol. The minimum atomic E-state index is -4.61. The fraction of sp³-hybridized carbons (Fsp3) is 0.125. The maximum atomic E-state index is 13.0. The Balaban J connectivity index is 1.40. The van der Waals surface area contributed by atoms with Gasteiger partial charge in [-0.05, 0) is 48.5 Å². The molecule has 3 aromatic carbocycles. The Labute approximate surface area is 192 Å². The first-order valence-corrected chi connectivity index (χ1v) is 10.1. The van der Waals surface area contributed by atoms with Crippen LogP contribution >= 0.6 is 0 Å². The molecule has 0 unspecified atom stereocenters. The maximum absolute atomic E-state index is 13.0. The Morgan fingerprint density at radius 3 is 2.38 bits per heavy atom. The summed E-state index contributed by atoms with van der Waals surface area (Å²) in [4.78, 5) is 38.4. The quantitative estimate of drug-likeness (QED) is 0.583. The first-order chi connectivity index (χ1) is 16.2. The number of hydrogen-bond donors (Lipinski definition) is 2. The predicted molar refractivity (Wildman–Crippen MR) is 119 cm³/mol. The van der Waals surface area contributed by atoms with E-state index in [1.807, 2.05) is 0 Å². The summed E-state index contributed by atoms with van der Waals surface area (Å²) in [6.07, 6.45) is -4.61. The molecule has 3 aromatic rings. The number of fused-ring (bicyclic) bond motifs is 1. The van der Waals surface area contributed by atoms with Gasteiger partial charge in [0.05, 0.1) is 16.9 Å². The summed E-state index contributed by atoms with van der Waals surface area (Å²) in [6, 6.07) is 17.4. The van der Waals surface area contributed by atoms with Crippen molar-refractivity contribution < 1.29 is 32.3 Å². The summed E-state index contributed by atoms with van der Waals surface area (Å²) >= 11 is 0. The van der Waals surface area contributed by atoms with Crippen LogP contribution in [-0.2, 0) is 15.8 Å². The lowest BCUT2D eigenvalue weighted by Gasteiger charge is -2.29. The van der Waals surface area contributed by atoms with E-state index in [1.54, 1.807) is 24.3 Å². The molecule has 2 N–H and O–H groups in total. The van der Waals surface area contributed by atoms with E-state index < -0.39 is 35.9 Å². The topological polar surface area (TPSA) is 87.7 Å². The van der Waals surface area contributed by atoms with Crippen LogP contribution < -0.4 is 20.3 Å². The van der Waals surface area contributed by atoms with Crippen LogP contribution in [0.25, 0.3) is 0 Å². The molecule has 1 aliphatic heterocycles. The molecule has 10 heteroatoms. The van der Waals surface area contributed by atoms with Crippen molar-refractivity contribution in [2.24, 2.45) is 0 Å². The molecule has 0 spiro atoms. The van der Waals surface area contributed by atoms with Crippen LogP contribution in [0.1, 0.15) is 15.9 Å². The highest BCUT2D eigenvalue weighted by Gasteiger charge is 2.34. The van der Waals surface area contributed by atoms with Crippen LogP contribution in [0.3, 0.4) is 0 Å². The normalized spacial score (nSPS) is 13.0. The maximum Gasteiger partial charge on any atom is 0.419 e. The van der Waals surface area contributed by atoms with Crippen molar-refractivity contribution in [3.63, 3.8) is 0 Å². The second kappa shape index (κ2) is 9.26. The van der Waals surface area contributed by atoms with Gasteiger partial charge in [-0.1, -0.05) is 24.3 Å². The largest absolute Gasteiger partial charge is 0.483 e. The molecule has 34 heavy (non-hydrogen) atoms. The molecule has 0 bridgehead atoms. The highest BCUT2D eigenvalue weighted by molar-refractivity contribution is 6.15. The van der Waals surface area contributed by atoms with Gasteiger partial charge in [0.15, 0.2) is 6.61 Å². The van der Waals surface area contributed by atoms with Gasteiger partial charge in [0, 0.05) is 11.3 Å². The molecule has 0 fully saturated rings. The number of para-hydroxylation sites is 3. The molecule has 4 rings (SSSR count). The zero-order valence-corrected chi connectivity index (χ0v) is 17.6. The number of hydrogen-bond acceptors (Lipinski definition) is 4. The highest BCUT2D eigenvalue weighted by atomic mass is 19.4. The van der Waals surface area contributed by atoms with Crippen molar-refractivity contribution in [1.82, 2.24) is 0 Å². The summed E-state index contributed by atoms with van der Waals surface area (Å²) in [7, 11) is 0. The second-order valence-corrected chi connectivity index (χ2v) is 7.36. The molecule has 3 amide bonds. The summed E-state index contributed by atoms with van der Waals surface area (Å²) in [6.45, 7) is -0.765. The van der Waals surface area contributed by atoms with E-state index in [4.69, 9.17) is 4.74 Å². The summed E-state index contributed by atoms with van der Waals surface area (Å²) in [5.41, 5.74) is 0.742. The van der Waals surface area contributed by atoms with Crippen molar-refractivity contribution in [2.75, 3.05) is 28.7 Å². The summed E-state index contributed by atoms with van der Waals surface area (Å²) in [5.74, 6) is -1.83. The van der Waals surface area contributed by atoms with Crippen LogP contribution in [0, 0.1) is 0 Å². The third-order valence-corrected chi connectivity index (χ3v) is 4.98. The minimum absolute atomic E-state index is 0.134. The number of carbonyl (C=O) groups is 3. The van der Waals surface area contributed by atoms with Crippen LogP contribution in [0.15, 0.2) is 72.8 Å². The number of anilines is 3. The van der Waals surface area contributed by atoms with E-state index >= 15 is 0 Å². The van der Waals surface area contributed by atoms with E-state index in [9.17, 15) is 27.6 Å². The number of ether oxygens (including phenoxy) is 1. The van der Waals surface area contributed by atoms with Gasteiger partial charge in [-0.2, -0.15) is 13.2 Å². The van der Waals surface area contributed by atoms with E-state index in [0.29, 0.717) is 17.1 Å². The van der Waals surface area contributed by atoms with Gasteiger partial charge in [0.1, 0.15) is 12.3 Å². The molecule has 0 aliphatic carbocycles. The van der Waals surface area contributed by atoms with Gasteiger partial charge >= 0.3 is 6.18 Å². The van der Waals surface area contributed by atoms with E-state index in [1.165, 1.54) is 41.3 Å². The molecule has 7 nitrogen and oxygen atoms in total. The van der Waals surface area contributed by atoms with Crippen LogP contribution in [0.2, 0.25) is 0 Å². The smallest absolute Gasteiger partial charge is 0.419 e. The van der Waals surface area contributed by atoms with Gasteiger partial charge in [0.25, 0.3) is 11.8 Å². The van der Waals surface area contributed by atoms with Crippen molar-refractivity contribution in [2.45, 2.75) is 6.18 Å². The standard InChI is InChI=1S/C24H18F3N3O4/c25-24(26,27)17-5-1-4-8-20(17)34-14-22(32)28-16-11-9-15(10-12-16)23(33)30-13-21(31)29-18-6-2-3-7-19(18)30/h1-12H,13-14H2,(H,28,32)(H,29,31). The molecular formula is C24H18F3N3O4. The molecular weight excluding hydrogens is 451 g/mol. The molecule has 1 aliphatic rings. The first-order valence-electron chi connectivity index (χ1n) is 10.1. The Morgan fingerprint density at radius 2 is 1.65 bits per heavy atom. The van der Waals surface area contributed by atoms with Gasteiger partial charge < -0.3 is 15.4 Å². The van der Waals surface area contributed by atoms with E-state index in [2.05, 4.69) is 10.6 Å². The van der Waals surface area contributed by atoms with Crippen molar-refractivity contribution in [3.05, 3.63) is 83.9 Å². The van der Waals surface area contributed by atoms with Crippen molar-refractivity contribution >= 4 is 34.8 Å². The molecule has 174 valence electrons. The van der Waals surface area contributed by atoms with Crippen LogP contribution in [-0.4, -0.2) is 30.9 Å². The fourth-order valence-electron chi connectivity index (χ4n) is 3.43. The zero-order chi connectivity index (χ0) is 24.3. The number of rotatable bonds is 5. The van der Waals surface area contributed by atoms with Crippen LogP contribution in [0.5, 0.6) is 5.75 Å². The predicted octanol–water partition coefficient (Wildman–Crippen LogP) is 4.32. The average Bonchev–Trinajstić information content (AvgIpc) is 2.82. The number of carbonyl (C=O) groups excluding carboxylic acids is 3. The minimum Gasteiger partial charge on any atom is -0.483 e. The lowest BCUT2D eigenvalue weighted by molar-refractivity contribution is -0.139. The van der Waals surface area contributed by atoms with Gasteiger partial charge in [0.2, 0.25) is 5.91 Å². The fourth-order valence-corrected chi connectivity index (χ4v) is 3.43. The summed E-state index contributed by atoms with van der Waals surface area (Å²) < 4.78 is 44.1. The average molecular weight is 469 g/mol. The molecule has 0 atom stereocenters. The van der Waals surface area contributed by atoms with Crippen molar-refractivity contribution in [3.8, 4) is 5.75 Å². The van der Waals surface area contributed by atoms with Gasteiger partial charge in [-0.25, -0.2) is 0 Å². The van der Waals surface area contributed by atoms with E-state index in [-0.39, 0.29) is 18.0 Å². The Hall–Kier alpha value is -4.34. The number of benzene rings is 3. The lowest BCUT2D eigenvalue weighted by atomic mass is 10.1. The number of halogens is 3. The zero-order valence-electron chi connectivity index (χ0n) is 17.6. The summed E-state index contributed by atoms with van der Waals surface area (Å²) in [5, 5.41) is 5.21. The third-order valence-electron chi connectivity index (χ3n) is 4.98. The molecule has 0 radical (unpaired) electrons. The number of alkyl halides is 3. The number of nitrogens with one attached hydrogen (secondary N) is 2. The molecule has 0 aromatic heterocycles. The molecule has 1 heterocycles. The molecule has 0 saturated carbocycles. The Kier molecular flexibility index (Phi) is 6.22. The van der Waals surface area contributed by atoms with Gasteiger partial charge in [-0.15, -0.1) is 0 Å². The number of amides is 3. The first kappa shape index (κ1) is 22.8. The second-order valence-electron chi connectivity index (χ2n) is 7.36. The number of nitrogens with zero attached hydrogens (tertiary/aromatic N) is 1.